The van der Waals surface area contributed by atoms with Crippen LogP contribution >= 0.6 is 11.5 Å². The van der Waals surface area contributed by atoms with Crippen LogP contribution in [0.5, 0.6) is 11.5 Å². The number of anilines is 1. The van der Waals surface area contributed by atoms with Gasteiger partial charge in [-0.1, -0.05) is 24.3 Å². The number of hydrogen-bond donors (Lipinski definition) is 3. The van der Waals surface area contributed by atoms with Crippen LogP contribution in [0.3, 0.4) is 0 Å². The topological polar surface area (TPSA) is 150 Å². The van der Waals surface area contributed by atoms with Crippen LogP contribution in [0.1, 0.15) is 58.1 Å². The number of nitrogens with zero attached hydrogens (tertiary/aromatic N) is 2. The lowest BCUT2D eigenvalue weighted by Crippen LogP contribution is -2.49. The third kappa shape index (κ3) is 6.56. The highest BCUT2D eigenvalue weighted by Gasteiger charge is 2.36. The third-order valence-electron chi connectivity index (χ3n) is 5.42. The molecule has 0 aliphatic heterocycles. The van der Waals surface area contributed by atoms with E-state index >= 15 is 0 Å². The molecule has 3 rings (SSSR count). The summed E-state index contributed by atoms with van der Waals surface area (Å²) in [4.78, 5) is 40.8. The van der Waals surface area contributed by atoms with Crippen LogP contribution in [-0.2, 0) is 11.3 Å². The summed E-state index contributed by atoms with van der Waals surface area (Å²) >= 11 is 0.762. The van der Waals surface area contributed by atoms with Crippen LogP contribution in [-0.4, -0.2) is 46.8 Å². The number of rotatable bonds is 9. The van der Waals surface area contributed by atoms with Crippen LogP contribution in [0.4, 0.5) is 5.69 Å². The van der Waals surface area contributed by atoms with Crippen LogP contribution in [0.2, 0.25) is 0 Å². The lowest BCUT2D eigenvalue weighted by atomic mass is 10.00. The van der Waals surface area contributed by atoms with Crippen molar-refractivity contribution < 1.29 is 23.9 Å². The van der Waals surface area contributed by atoms with Crippen LogP contribution in [0.25, 0.3) is 0 Å². The molecule has 0 bridgehead atoms. The first-order chi connectivity index (χ1) is 17.4. The summed E-state index contributed by atoms with van der Waals surface area (Å²) in [6.07, 6.45) is 0. The Morgan fingerprint density at radius 2 is 1.54 bits per heavy atom. The van der Waals surface area contributed by atoms with Gasteiger partial charge in [0.15, 0.2) is 5.69 Å². The normalized spacial score (nSPS) is 11.9. The van der Waals surface area contributed by atoms with E-state index in [1.54, 1.807) is 62.8 Å². The molecule has 3 amide bonds. The number of carbonyl (C=O) groups is 3. The van der Waals surface area contributed by atoms with Gasteiger partial charge in [-0.05, 0) is 67.7 Å². The van der Waals surface area contributed by atoms with Gasteiger partial charge in [0.05, 0.1) is 19.9 Å². The average Bonchev–Trinajstić information content (AvgIpc) is 3.24. The smallest absolute Gasteiger partial charge is 0.270 e. The molecule has 0 fully saturated rings. The average molecular weight is 526 g/mol. The van der Waals surface area contributed by atoms with Gasteiger partial charge in [0.25, 0.3) is 11.8 Å². The number of hydrogen-bond acceptors (Lipinski definition) is 8. The van der Waals surface area contributed by atoms with E-state index in [4.69, 9.17) is 20.9 Å². The van der Waals surface area contributed by atoms with Crippen molar-refractivity contribution in [3.63, 3.8) is 0 Å². The largest absolute Gasteiger partial charge is 0.497 e. The van der Waals surface area contributed by atoms with Gasteiger partial charge >= 0.3 is 0 Å². The molecular weight excluding hydrogens is 494 g/mol. The molecule has 1 aromatic heterocycles. The van der Waals surface area contributed by atoms with E-state index in [2.05, 4.69) is 9.69 Å². The van der Waals surface area contributed by atoms with Gasteiger partial charge in [-0.2, -0.15) is 4.37 Å². The zero-order chi connectivity index (χ0) is 27.3. The summed E-state index contributed by atoms with van der Waals surface area (Å²) in [5.41, 5.74) is 11.9. The first kappa shape index (κ1) is 27.5. The van der Waals surface area contributed by atoms with Gasteiger partial charge in [-0.15, -0.1) is 0 Å². The number of ether oxygens (including phenoxy) is 2. The summed E-state index contributed by atoms with van der Waals surface area (Å²) in [7, 11) is 3.10. The number of nitrogens with two attached hydrogens (primary N) is 2. The Kier molecular flexibility index (Phi) is 8.38. The standard InChI is InChI=1S/C26H31N5O5S/c1-26(2,3)29-24(33)21(16-8-12-18(36-5)13-9-16)31(14-15-6-10-17(35-4)11-7-15)25(34)22-19(27)20(23(28)32)30-37-22/h6-13,21H,14,27H2,1-5H3,(H2,28,32)(H,29,33)/t21-/m1/s1. The van der Waals surface area contributed by atoms with Gasteiger partial charge in [0.2, 0.25) is 5.91 Å². The molecule has 10 nitrogen and oxygen atoms in total. The maximum atomic E-state index is 14.0. The zero-order valence-corrected chi connectivity index (χ0v) is 22.2. The van der Waals surface area contributed by atoms with Crippen molar-refractivity contribution in [2.24, 2.45) is 5.73 Å². The predicted molar refractivity (Wildman–Crippen MR) is 142 cm³/mol. The van der Waals surface area contributed by atoms with Crippen molar-refractivity contribution in [2.75, 3.05) is 20.0 Å². The fourth-order valence-electron chi connectivity index (χ4n) is 3.66. The second-order valence-electron chi connectivity index (χ2n) is 9.33. The Hall–Kier alpha value is -4.12. The molecule has 37 heavy (non-hydrogen) atoms. The molecule has 0 aliphatic carbocycles. The molecule has 0 saturated carbocycles. The summed E-state index contributed by atoms with van der Waals surface area (Å²) in [5, 5.41) is 2.97. The van der Waals surface area contributed by atoms with Crippen molar-refractivity contribution in [3.8, 4) is 11.5 Å². The van der Waals surface area contributed by atoms with E-state index in [-0.39, 0.29) is 22.8 Å². The van der Waals surface area contributed by atoms with Crippen molar-refractivity contribution in [3.05, 3.63) is 70.2 Å². The molecule has 1 heterocycles. The SMILES string of the molecule is COc1ccc(CN(C(=O)c2snc(C(N)=O)c2N)[C@@H](C(=O)NC(C)(C)C)c2ccc(OC)cc2)cc1. The van der Waals surface area contributed by atoms with Gasteiger partial charge < -0.3 is 31.2 Å². The van der Waals surface area contributed by atoms with Gasteiger partial charge in [0, 0.05) is 12.1 Å². The van der Waals surface area contributed by atoms with Crippen LogP contribution < -0.4 is 26.3 Å². The maximum absolute atomic E-state index is 14.0. The lowest BCUT2D eigenvalue weighted by molar-refractivity contribution is -0.127. The number of carbonyl (C=O) groups excluding carboxylic acids is 3. The summed E-state index contributed by atoms with van der Waals surface area (Å²) in [5.74, 6) is -0.547. The molecule has 0 aliphatic rings. The second kappa shape index (κ2) is 11.3. The zero-order valence-electron chi connectivity index (χ0n) is 21.4. The van der Waals surface area contributed by atoms with Crippen LogP contribution in [0.15, 0.2) is 48.5 Å². The Morgan fingerprint density at radius 1 is 1.00 bits per heavy atom. The third-order valence-corrected chi connectivity index (χ3v) is 6.27. The minimum absolute atomic E-state index is 0.0179. The number of nitrogens with one attached hydrogen (secondary N) is 1. The molecule has 1 atom stereocenters. The minimum Gasteiger partial charge on any atom is -0.497 e. The highest BCUT2D eigenvalue weighted by molar-refractivity contribution is 7.09. The number of primary amides is 1. The van der Waals surface area contributed by atoms with Crippen molar-refractivity contribution in [1.82, 2.24) is 14.6 Å². The molecule has 5 N–H and O–H groups in total. The van der Waals surface area contributed by atoms with E-state index < -0.39 is 29.3 Å². The molecule has 0 radical (unpaired) electrons. The van der Waals surface area contributed by atoms with E-state index in [9.17, 15) is 14.4 Å². The number of benzene rings is 2. The first-order valence-electron chi connectivity index (χ1n) is 11.4. The number of methoxy groups -OCH3 is 2. The first-order valence-corrected chi connectivity index (χ1v) is 12.2. The molecule has 11 heteroatoms. The van der Waals surface area contributed by atoms with E-state index in [0.29, 0.717) is 17.1 Å². The summed E-state index contributed by atoms with van der Waals surface area (Å²) in [6, 6.07) is 13.0. The van der Waals surface area contributed by atoms with E-state index in [1.807, 2.05) is 20.8 Å². The molecule has 2 aromatic carbocycles. The van der Waals surface area contributed by atoms with Crippen LogP contribution in [0, 0.1) is 0 Å². The summed E-state index contributed by atoms with van der Waals surface area (Å²) in [6.45, 7) is 5.62. The summed E-state index contributed by atoms with van der Waals surface area (Å²) < 4.78 is 14.5. The second-order valence-corrected chi connectivity index (χ2v) is 10.1. The minimum atomic E-state index is -1.04. The van der Waals surface area contributed by atoms with Crippen molar-refractivity contribution >= 4 is 34.9 Å². The van der Waals surface area contributed by atoms with Crippen molar-refractivity contribution in [1.29, 1.82) is 0 Å². The predicted octanol–water partition coefficient (Wildman–Crippen LogP) is 3.14. The molecule has 0 saturated heterocycles. The van der Waals surface area contributed by atoms with Gasteiger partial charge in [-0.3, -0.25) is 14.4 Å². The highest BCUT2D eigenvalue weighted by atomic mass is 32.1. The molecule has 3 aromatic rings. The van der Waals surface area contributed by atoms with Gasteiger partial charge in [0.1, 0.15) is 22.4 Å². The Labute approximate surface area is 219 Å². The fraction of sp³-hybridized carbons (Fsp3) is 0.308. The molecule has 0 spiro atoms. The number of aromatic nitrogens is 1. The van der Waals surface area contributed by atoms with E-state index in [1.165, 1.54) is 4.90 Å². The number of nitrogen functional groups attached to an aromatic ring is 1. The quantitative estimate of drug-likeness (QED) is 0.388. The lowest BCUT2D eigenvalue weighted by Gasteiger charge is -2.33. The molecular formula is C26H31N5O5S. The Morgan fingerprint density at radius 3 is 2.00 bits per heavy atom. The maximum Gasteiger partial charge on any atom is 0.270 e. The molecule has 0 unspecified atom stereocenters. The molecule has 196 valence electrons. The number of amides is 3. The van der Waals surface area contributed by atoms with E-state index in [0.717, 1.165) is 17.1 Å². The highest BCUT2D eigenvalue weighted by Crippen LogP contribution is 2.31. The Bertz CT molecular complexity index is 1270. The monoisotopic (exact) mass is 525 g/mol. The fourth-order valence-corrected chi connectivity index (χ4v) is 4.43. The van der Waals surface area contributed by atoms with Crippen molar-refractivity contribution in [2.45, 2.75) is 38.9 Å². The van der Waals surface area contributed by atoms with Gasteiger partial charge in [-0.25, -0.2) is 0 Å². The Balaban J connectivity index is 2.15.